The maximum atomic E-state index is 12.7. The van der Waals surface area contributed by atoms with E-state index in [-0.39, 0.29) is 11.9 Å². The Hall–Kier alpha value is -2.09. The monoisotopic (exact) mass is 389 g/mol. The zero-order valence-electron chi connectivity index (χ0n) is 16.1. The standard InChI is InChI=1S/C20H27N3O3S/c1-22-6-8-23(9-7-22)18(19-5-4-10-27-19)14-21-20(24)15-11-16(25-2)13-17(12-15)26-3/h4-5,10-13,18H,6-9,14H2,1-3H3,(H,21,24). The van der Waals surface area contributed by atoms with Crippen molar-refractivity contribution in [3.8, 4) is 11.5 Å². The number of piperazine rings is 1. The van der Waals surface area contributed by atoms with Crippen molar-refractivity contribution in [2.45, 2.75) is 6.04 Å². The molecule has 1 saturated heterocycles. The van der Waals surface area contributed by atoms with E-state index < -0.39 is 0 Å². The molecule has 27 heavy (non-hydrogen) atoms. The molecule has 1 aromatic carbocycles. The Morgan fingerprint density at radius 1 is 1.15 bits per heavy atom. The third-order valence-electron chi connectivity index (χ3n) is 4.92. The summed E-state index contributed by atoms with van der Waals surface area (Å²) >= 11 is 1.74. The minimum atomic E-state index is -0.122. The highest BCUT2D eigenvalue weighted by molar-refractivity contribution is 7.10. The number of hydrogen-bond acceptors (Lipinski definition) is 6. The van der Waals surface area contributed by atoms with E-state index in [4.69, 9.17) is 9.47 Å². The third kappa shape index (κ3) is 5.00. The van der Waals surface area contributed by atoms with E-state index in [0.29, 0.717) is 23.6 Å². The van der Waals surface area contributed by atoms with Crippen molar-refractivity contribution in [1.82, 2.24) is 15.1 Å². The SMILES string of the molecule is COc1cc(OC)cc(C(=O)NCC(c2cccs2)N2CCN(C)CC2)c1. The van der Waals surface area contributed by atoms with Crippen molar-refractivity contribution < 1.29 is 14.3 Å². The number of methoxy groups -OCH3 is 2. The minimum absolute atomic E-state index is 0.122. The summed E-state index contributed by atoms with van der Waals surface area (Å²) in [7, 11) is 5.31. The lowest BCUT2D eigenvalue weighted by molar-refractivity contribution is 0.0889. The van der Waals surface area contributed by atoms with Crippen LogP contribution in [-0.4, -0.2) is 69.7 Å². The highest BCUT2D eigenvalue weighted by Gasteiger charge is 2.25. The van der Waals surface area contributed by atoms with Crippen LogP contribution in [0.5, 0.6) is 11.5 Å². The molecule has 1 aromatic heterocycles. The number of hydrogen-bond donors (Lipinski definition) is 1. The molecule has 0 saturated carbocycles. The smallest absolute Gasteiger partial charge is 0.251 e. The molecule has 0 radical (unpaired) electrons. The van der Waals surface area contributed by atoms with Gasteiger partial charge in [0.25, 0.3) is 5.91 Å². The van der Waals surface area contributed by atoms with Gasteiger partial charge in [-0.15, -0.1) is 11.3 Å². The van der Waals surface area contributed by atoms with Crippen LogP contribution in [0.25, 0.3) is 0 Å². The van der Waals surface area contributed by atoms with Gasteiger partial charge in [-0.3, -0.25) is 9.69 Å². The number of likely N-dealkylation sites (N-methyl/N-ethyl adjacent to an activating group) is 1. The first-order valence-electron chi connectivity index (χ1n) is 9.08. The van der Waals surface area contributed by atoms with Gasteiger partial charge in [0.05, 0.1) is 20.3 Å². The Kier molecular flexibility index (Phi) is 6.71. The van der Waals surface area contributed by atoms with Crippen LogP contribution in [0.2, 0.25) is 0 Å². The van der Waals surface area contributed by atoms with Gasteiger partial charge in [0.15, 0.2) is 0 Å². The number of nitrogens with zero attached hydrogens (tertiary/aromatic N) is 2. The zero-order valence-corrected chi connectivity index (χ0v) is 16.9. The number of nitrogens with one attached hydrogen (secondary N) is 1. The Labute approximate surface area is 164 Å². The highest BCUT2D eigenvalue weighted by Crippen LogP contribution is 2.26. The fraction of sp³-hybridized carbons (Fsp3) is 0.450. The number of ether oxygens (including phenoxy) is 2. The van der Waals surface area contributed by atoms with E-state index in [1.807, 2.05) is 0 Å². The number of thiophene rings is 1. The van der Waals surface area contributed by atoms with Crippen LogP contribution in [0.3, 0.4) is 0 Å². The summed E-state index contributed by atoms with van der Waals surface area (Å²) < 4.78 is 10.5. The molecule has 0 aliphatic carbocycles. The first-order chi connectivity index (χ1) is 13.1. The van der Waals surface area contributed by atoms with Gasteiger partial charge < -0.3 is 19.7 Å². The first-order valence-corrected chi connectivity index (χ1v) is 9.96. The quantitative estimate of drug-likeness (QED) is 0.789. The van der Waals surface area contributed by atoms with Crippen LogP contribution in [0.15, 0.2) is 35.7 Å². The Bertz CT molecular complexity index is 721. The van der Waals surface area contributed by atoms with Crippen molar-refractivity contribution in [3.63, 3.8) is 0 Å². The van der Waals surface area contributed by atoms with Crippen LogP contribution < -0.4 is 14.8 Å². The molecular formula is C20H27N3O3S. The van der Waals surface area contributed by atoms with Gasteiger partial charge >= 0.3 is 0 Å². The Morgan fingerprint density at radius 2 is 1.81 bits per heavy atom. The molecule has 1 amide bonds. The molecule has 1 N–H and O–H groups in total. The molecule has 3 rings (SSSR count). The summed E-state index contributed by atoms with van der Waals surface area (Å²) in [5.74, 6) is 1.09. The number of carbonyl (C=O) groups is 1. The molecule has 1 atom stereocenters. The van der Waals surface area contributed by atoms with Gasteiger partial charge in [-0.05, 0) is 30.6 Å². The number of amides is 1. The van der Waals surface area contributed by atoms with E-state index in [0.717, 1.165) is 26.2 Å². The molecule has 2 heterocycles. The first kappa shape index (κ1) is 19.7. The predicted molar refractivity (Wildman–Crippen MR) is 108 cm³/mol. The van der Waals surface area contributed by atoms with Crippen LogP contribution in [0.1, 0.15) is 21.3 Å². The van der Waals surface area contributed by atoms with Gasteiger partial charge in [-0.1, -0.05) is 6.07 Å². The van der Waals surface area contributed by atoms with E-state index in [2.05, 4.69) is 39.7 Å². The summed E-state index contributed by atoms with van der Waals surface area (Å²) in [5.41, 5.74) is 0.537. The van der Waals surface area contributed by atoms with Crippen molar-refractivity contribution in [2.75, 3.05) is 54.0 Å². The minimum Gasteiger partial charge on any atom is -0.497 e. The fourth-order valence-corrected chi connectivity index (χ4v) is 4.11. The summed E-state index contributed by atoms with van der Waals surface area (Å²) in [6.45, 7) is 4.66. The summed E-state index contributed by atoms with van der Waals surface area (Å²) in [6, 6.07) is 9.62. The van der Waals surface area contributed by atoms with E-state index >= 15 is 0 Å². The molecule has 0 spiro atoms. The van der Waals surface area contributed by atoms with Crippen molar-refractivity contribution in [2.24, 2.45) is 0 Å². The van der Waals surface area contributed by atoms with E-state index in [1.54, 1.807) is 43.8 Å². The molecule has 6 nitrogen and oxygen atoms in total. The molecule has 0 bridgehead atoms. The Morgan fingerprint density at radius 3 is 2.37 bits per heavy atom. The van der Waals surface area contributed by atoms with E-state index in [1.165, 1.54) is 4.88 Å². The molecule has 1 fully saturated rings. The van der Waals surface area contributed by atoms with Crippen LogP contribution in [0, 0.1) is 0 Å². The lowest BCUT2D eigenvalue weighted by Crippen LogP contribution is -2.48. The molecule has 1 aliphatic heterocycles. The number of benzene rings is 1. The summed E-state index contributed by atoms with van der Waals surface area (Å²) in [6.07, 6.45) is 0. The third-order valence-corrected chi connectivity index (χ3v) is 5.89. The second kappa shape index (κ2) is 9.21. The molecule has 7 heteroatoms. The maximum absolute atomic E-state index is 12.7. The van der Waals surface area contributed by atoms with Gasteiger partial charge in [0, 0.05) is 49.2 Å². The molecule has 2 aromatic rings. The van der Waals surface area contributed by atoms with Crippen molar-refractivity contribution in [1.29, 1.82) is 0 Å². The van der Waals surface area contributed by atoms with Gasteiger partial charge in [-0.2, -0.15) is 0 Å². The van der Waals surface area contributed by atoms with Gasteiger partial charge in [0.1, 0.15) is 11.5 Å². The van der Waals surface area contributed by atoms with Crippen LogP contribution in [0.4, 0.5) is 0 Å². The maximum Gasteiger partial charge on any atom is 0.251 e. The summed E-state index contributed by atoms with van der Waals surface area (Å²) in [5, 5.41) is 5.19. The van der Waals surface area contributed by atoms with Gasteiger partial charge in [0.2, 0.25) is 0 Å². The predicted octanol–water partition coefficient (Wildman–Crippen LogP) is 2.48. The zero-order chi connectivity index (χ0) is 19.2. The number of rotatable bonds is 7. The highest BCUT2D eigenvalue weighted by atomic mass is 32.1. The average Bonchev–Trinajstić information content (AvgIpc) is 3.23. The van der Waals surface area contributed by atoms with Gasteiger partial charge in [-0.25, -0.2) is 0 Å². The van der Waals surface area contributed by atoms with Crippen molar-refractivity contribution in [3.05, 3.63) is 46.2 Å². The number of carbonyl (C=O) groups excluding carboxylic acids is 1. The average molecular weight is 390 g/mol. The van der Waals surface area contributed by atoms with Crippen LogP contribution >= 0.6 is 11.3 Å². The molecule has 1 unspecified atom stereocenters. The topological polar surface area (TPSA) is 54.0 Å². The normalized spacial score (nSPS) is 16.7. The lowest BCUT2D eigenvalue weighted by atomic mass is 10.1. The Balaban J connectivity index is 1.71. The molecule has 1 aliphatic rings. The largest absolute Gasteiger partial charge is 0.497 e. The fourth-order valence-electron chi connectivity index (χ4n) is 3.25. The summed E-state index contributed by atoms with van der Waals surface area (Å²) in [4.78, 5) is 18.8. The molecule has 146 valence electrons. The van der Waals surface area contributed by atoms with E-state index in [9.17, 15) is 4.79 Å². The second-order valence-corrected chi connectivity index (χ2v) is 7.66. The second-order valence-electron chi connectivity index (χ2n) is 6.68. The lowest BCUT2D eigenvalue weighted by Gasteiger charge is -2.37. The van der Waals surface area contributed by atoms with Crippen molar-refractivity contribution >= 4 is 17.2 Å². The van der Waals surface area contributed by atoms with Crippen LogP contribution in [-0.2, 0) is 0 Å². The molecular weight excluding hydrogens is 362 g/mol.